The van der Waals surface area contributed by atoms with Gasteiger partial charge in [0.25, 0.3) is 5.91 Å². The van der Waals surface area contributed by atoms with Gasteiger partial charge in [0.05, 0.1) is 17.4 Å². The van der Waals surface area contributed by atoms with Crippen LogP contribution < -0.4 is 11.1 Å². The smallest absolute Gasteiger partial charge is 0.274 e. The largest absolute Gasteiger partial charge is 0.395 e. The summed E-state index contributed by atoms with van der Waals surface area (Å²) in [6.07, 6.45) is 0. The van der Waals surface area contributed by atoms with Gasteiger partial charge in [-0.3, -0.25) is 9.89 Å². The molecule has 0 fully saturated rings. The Bertz CT molecular complexity index is 657. The van der Waals surface area contributed by atoms with Crippen LogP contribution in [-0.4, -0.2) is 16.1 Å². The van der Waals surface area contributed by atoms with E-state index >= 15 is 0 Å². The first kappa shape index (κ1) is 15.6. The molecule has 6 heteroatoms. The Morgan fingerprint density at radius 3 is 2.52 bits per heavy atom. The number of anilines is 1. The van der Waals surface area contributed by atoms with Crippen LogP contribution in [0.4, 0.5) is 5.69 Å². The van der Waals surface area contributed by atoms with E-state index < -0.39 is 0 Å². The van der Waals surface area contributed by atoms with Crippen molar-refractivity contribution in [2.75, 3.05) is 5.73 Å². The fourth-order valence-electron chi connectivity index (χ4n) is 2.40. The number of hydrogen-bond donors (Lipinski definition) is 3. The zero-order valence-corrected chi connectivity index (χ0v) is 13.9. The lowest BCUT2D eigenvalue weighted by molar-refractivity contribution is 0.0935. The standard InChI is InChI=1S/C15H22N4OS/c1-7(2)13-12(16)14(19-18-13)15(20)17-9(4)11-6-8(3)21-10(11)5/h6-7,9H,16H2,1-5H3,(H,17,20)(H,18,19). The van der Waals surface area contributed by atoms with Crippen LogP contribution in [0.25, 0.3) is 0 Å². The van der Waals surface area contributed by atoms with E-state index in [1.54, 1.807) is 11.3 Å². The Balaban J connectivity index is 2.16. The van der Waals surface area contributed by atoms with E-state index in [4.69, 9.17) is 5.73 Å². The molecule has 2 aromatic rings. The normalized spacial score (nSPS) is 12.7. The van der Waals surface area contributed by atoms with Crippen molar-refractivity contribution >= 4 is 22.9 Å². The number of hydrogen-bond acceptors (Lipinski definition) is 4. The second-order valence-electron chi connectivity index (χ2n) is 5.62. The monoisotopic (exact) mass is 306 g/mol. The number of nitrogens with two attached hydrogens (primary N) is 1. The molecular weight excluding hydrogens is 284 g/mol. The molecule has 114 valence electrons. The molecule has 0 aliphatic heterocycles. The summed E-state index contributed by atoms with van der Waals surface area (Å²) >= 11 is 1.73. The van der Waals surface area contributed by atoms with Crippen LogP contribution in [0.15, 0.2) is 6.07 Å². The number of carbonyl (C=O) groups excluding carboxylic acids is 1. The van der Waals surface area contributed by atoms with Gasteiger partial charge in [-0.15, -0.1) is 11.3 Å². The summed E-state index contributed by atoms with van der Waals surface area (Å²) < 4.78 is 0. The number of carbonyl (C=O) groups is 1. The van der Waals surface area contributed by atoms with Crippen LogP contribution >= 0.6 is 11.3 Å². The summed E-state index contributed by atoms with van der Waals surface area (Å²) in [6, 6.07) is 2.04. The zero-order valence-electron chi connectivity index (χ0n) is 13.1. The highest BCUT2D eigenvalue weighted by molar-refractivity contribution is 7.12. The Morgan fingerprint density at radius 2 is 2.05 bits per heavy atom. The van der Waals surface area contributed by atoms with Gasteiger partial charge in [-0.05, 0) is 38.3 Å². The molecule has 0 saturated heterocycles. The second kappa shape index (κ2) is 5.89. The number of aromatic amines is 1. The topological polar surface area (TPSA) is 83.8 Å². The average Bonchev–Trinajstić information content (AvgIpc) is 2.92. The van der Waals surface area contributed by atoms with E-state index in [2.05, 4.69) is 35.4 Å². The highest BCUT2D eigenvalue weighted by atomic mass is 32.1. The minimum Gasteiger partial charge on any atom is -0.395 e. The van der Waals surface area contributed by atoms with Gasteiger partial charge in [0, 0.05) is 9.75 Å². The van der Waals surface area contributed by atoms with Gasteiger partial charge < -0.3 is 11.1 Å². The summed E-state index contributed by atoms with van der Waals surface area (Å²) in [6.45, 7) is 10.1. The molecule has 1 unspecified atom stereocenters. The minimum atomic E-state index is -0.244. The number of aryl methyl sites for hydroxylation is 2. The van der Waals surface area contributed by atoms with Gasteiger partial charge in [-0.25, -0.2) is 0 Å². The molecule has 1 amide bonds. The number of nitrogens with zero attached hydrogens (tertiary/aromatic N) is 1. The molecule has 1 atom stereocenters. The molecular formula is C15H22N4OS. The van der Waals surface area contributed by atoms with Gasteiger partial charge in [0.2, 0.25) is 0 Å². The predicted octanol–water partition coefficient (Wildman–Crippen LogP) is 3.28. The molecule has 0 aliphatic rings. The molecule has 0 spiro atoms. The molecule has 2 rings (SSSR count). The minimum absolute atomic E-state index is 0.0685. The van der Waals surface area contributed by atoms with E-state index in [1.807, 2.05) is 20.8 Å². The first-order valence-electron chi connectivity index (χ1n) is 7.02. The van der Waals surface area contributed by atoms with Crippen molar-refractivity contribution in [3.05, 3.63) is 32.8 Å². The summed E-state index contributed by atoms with van der Waals surface area (Å²) in [5, 5.41) is 9.87. The van der Waals surface area contributed by atoms with E-state index in [1.165, 1.54) is 9.75 Å². The van der Waals surface area contributed by atoms with E-state index in [0.717, 1.165) is 11.3 Å². The lowest BCUT2D eigenvalue weighted by Crippen LogP contribution is -2.27. The van der Waals surface area contributed by atoms with Crippen molar-refractivity contribution in [3.63, 3.8) is 0 Å². The van der Waals surface area contributed by atoms with Crippen LogP contribution in [-0.2, 0) is 0 Å². The van der Waals surface area contributed by atoms with Crippen molar-refractivity contribution in [3.8, 4) is 0 Å². The van der Waals surface area contributed by atoms with Gasteiger partial charge in [0.15, 0.2) is 5.69 Å². The predicted molar refractivity (Wildman–Crippen MR) is 86.8 cm³/mol. The Labute approximate surface area is 128 Å². The Kier molecular flexibility index (Phi) is 4.37. The Hall–Kier alpha value is -1.82. The quantitative estimate of drug-likeness (QED) is 0.810. The molecule has 5 nitrogen and oxygen atoms in total. The molecule has 21 heavy (non-hydrogen) atoms. The van der Waals surface area contributed by atoms with Crippen LogP contribution in [0.3, 0.4) is 0 Å². The van der Waals surface area contributed by atoms with E-state index in [9.17, 15) is 4.79 Å². The molecule has 0 aromatic carbocycles. The van der Waals surface area contributed by atoms with E-state index in [0.29, 0.717) is 5.69 Å². The molecule has 0 saturated carbocycles. The zero-order chi connectivity index (χ0) is 15.7. The Morgan fingerprint density at radius 1 is 1.38 bits per heavy atom. The van der Waals surface area contributed by atoms with Crippen LogP contribution in [0.2, 0.25) is 0 Å². The number of amides is 1. The first-order chi connectivity index (χ1) is 9.81. The number of nitrogen functional groups attached to an aromatic ring is 1. The molecule has 2 aromatic heterocycles. The summed E-state index contributed by atoms with van der Waals surface area (Å²) in [4.78, 5) is 14.8. The van der Waals surface area contributed by atoms with Crippen molar-refractivity contribution in [1.29, 1.82) is 0 Å². The van der Waals surface area contributed by atoms with Gasteiger partial charge >= 0.3 is 0 Å². The van der Waals surface area contributed by atoms with Crippen LogP contribution in [0.1, 0.15) is 64.2 Å². The van der Waals surface area contributed by atoms with Crippen molar-refractivity contribution in [2.24, 2.45) is 0 Å². The molecule has 0 radical (unpaired) electrons. The number of thiophene rings is 1. The number of aromatic nitrogens is 2. The molecule has 2 heterocycles. The van der Waals surface area contributed by atoms with Crippen LogP contribution in [0, 0.1) is 13.8 Å². The van der Waals surface area contributed by atoms with Crippen molar-refractivity contribution in [2.45, 2.75) is 46.6 Å². The van der Waals surface area contributed by atoms with Gasteiger partial charge in [-0.2, -0.15) is 5.10 Å². The SMILES string of the molecule is Cc1cc(C(C)NC(=O)c2n[nH]c(C(C)C)c2N)c(C)s1. The number of nitrogens with one attached hydrogen (secondary N) is 2. The summed E-state index contributed by atoms with van der Waals surface area (Å²) in [7, 11) is 0. The fourth-order valence-corrected chi connectivity index (χ4v) is 3.42. The number of H-pyrrole nitrogens is 1. The lowest BCUT2D eigenvalue weighted by atomic mass is 10.1. The van der Waals surface area contributed by atoms with Crippen molar-refractivity contribution < 1.29 is 4.79 Å². The third-order valence-electron chi connectivity index (χ3n) is 3.52. The summed E-state index contributed by atoms with van der Waals surface area (Å²) in [5.41, 5.74) is 8.66. The third-order valence-corrected chi connectivity index (χ3v) is 4.50. The van der Waals surface area contributed by atoms with Gasteiger partial charge in [-0.1, -0.05) is 13.8 Å². The highest BCUT2D eigenvalue weighted by Gasteiger charge is 2.21. The molecule has 4 N–H and O–H groups in total. The highest BCUT2D eigenvalue weighted by Crippen LogP contribution is 2.27. The summed E-state index contributed by atoms with van der Waals surface area (Å²) in [5.74, 6) is -0.0374. The second-order valence-corrected chi connectivity index (χ2v) is 7.08. The van der Waals surface area contributed by atoms with Crippen molar-refractivity contribution in [1.82, 2.24) is 15.5 Å². The van der Waals surface area contributed by atoms with Crippen LogP contribution in [0.5, 0.6) is 0 Å². The molecule has 0 bridgehead atoms. The maximum atomic E-state index is 12.3. The fraction of sp³-hybridized carbons (Fsp3) is 0.467. The lowest BCUT2D eigenvalue weighted by Gasteiger charge is -2.13. The third kappa shape index (κ3) is 3.10. The number of rotatable bonds is 4. The molecule has 0 aliphatic carbocycles. The maximum Gasteiger partial charge on any atom is 0.274 e. The first-order valence-corrected chi connectivity index (χ1v) is 7.84. The van der Waals surface area contributed by atoms with Gasteiger partial charge in [0.1, 0.15) is 0 Å². The van der Waals surface area contributed by atoms with E-state index in [-0.39, 0.29) is 23.6 Å². The maximum absolute atomic E-state index is 12.3. The average molecular weight is 306 g/mol.